The summed E-state index contributed by atoms with van der Waals surface area (Å²) in [4.78, 5) is 27.9. The van der Waals surface area contributed by atoms with Gasteiger partial charge in [0.15, 0.2) is 0 Å². The van der Waals surface area contributed by atoms with Gasteiger partial charge in [-0.05, 0) is 75.4 Å². The first-order valence-corrected chi connectivity index (χ1v) is 14.5. The molecule has 204 valence electrons. The van der Waals surface area contributed by atoms with Gasteiger partial charge in [0.25, 0.3) is 0 Å². The van der Waals surface area contributed by atoms with Crippen LogP contribution < -0.4 is 14.4 Å². The molecule has 2 atom stereocenters. The summed E-state index contributed by atoms with van der Waals surface area (Å²) < 4.78 is 31.9. The first-order chi connectivity index (χ1) is 17.4. The van der Waals surface area contributed by atoms with E-state index in [9.17, 15) is 18.0 Å². The first-order valence-electron chi connectivity index (χ1n) is 12.6. The fourth-order valence-electron chi connectivity index (χ4n) is 3.99. The maximum Gasteiger partial charge on any atom is 0.242 e. The van der Waals surface area contributed by atoms with Crippen molar-refractivity contribution in [3.63, 3.8) is 0 Å². The number of ether oxygens (including phenoxy) is 1. The van der Waals surface area contributed by atoms with Crippen molar-refractivity contribution in [3.05, 3.63) is 59.2 Å². The molecule has 2 aromatic rings. The van der Waals surface area contributed by atoms with Crippen LogP contribution in [0.25, 0.3) is 0 Å². The summed E-state index contributed by atoms with van der Waals surface area (Å²) in [5.74, 6) is 0.224. The minimum atomic E-state index is -3.55. The highest BCUT2D eigenvalue weighted by atomic mass is 32.2. The standard InChI is InChI=1S/C28H41N3O5S/c1-8-22(4)29-28(33)23(5)30(19-24-11-9-12-25(18-24)36-6)27(32)13-10-16-31(37(7,34)35)26-17-20(2)14-15-21(26)3/h9,11-12,14-15,17-18,22-23H,8,10,13,16,19H2,1-7H3,(H,29,33)/t22-,23-/m0/s1. The fraction of sp³-hybridized carbons (Fsp3) is 0.500. The summed E-state index contributed by atoms with van der Waals surface area (Å²) >= 11 is 0. The van der Waals surface area contributed by atoms with Crippen molar-refractivity contribution in [2.75, 3.05) is 24.2 Å². The predicted octanol–water partition coefficient (Wildman–Crippen LogP) is 4.19. The topological polar surface area (TPSA) is 96.0 Å². The van der Waals surface area contributed by atoms with E-state index in [4.69, 9.17) is 4.74 Å². The van der Waals surface area contributed by atoms with Crippen molar-refractivity contribution in [1.29, 1.82) is 0 Å². The van der Waals surface area contributed by atoms with Crippen LogP contribution in [0.1, 0.15) is 56.7 Å². The molecule has 2 rings (SSSR count). The number of hydrogen-bond acceptors (Lipinski definition) is 5. The Bertz CT molecular complexity index is 1180. The molecule has 2 amide bonds. The molecule has 37 heavy (non-hydrogen) atoms. The van der Waals surface area contributed by atoms with Crippen molar-refractivity contribution >= 4 is 27.5 Å². The van der Waals surface area contributed by atoms with E-state index in [1.54, 1.807) is 18.9 Å². The summed E-state index contributed by atoms with van der Waals surface area (Å²) in [5, 5.41) is 2.96. The van der Waals surface area contributed by atoms with Crippen molar-refractivity contribution in [1.82, 2.24) is 10.2 Å². The van der Waals surface area contributed by atoms with E-state index in [-0.39, 0.29) is 37.4 Å². The van der Waals surface area contributed by atoms with Gasteiger partial charge in [-0.1, -0.05) is 31.2 Å². The summed E-state index contributed by atoms with van der Waals surface area (Å²) in [5.41, 5.74) is 3.25. The Morgan fingerprint density at radius 3 is 2.41 bits per heavy atom. The largest absolute Gasteiger partial charge is 0.497 e. The van der Waals surface area contributed by atoms with E-state index in [1.165, 1.54) is 10.6 Å². The quantitative estimate of drug-likeness (QED) is 0.418. The van der Waals surface area contributed by atoms with E-state index < -0.39 is 16.1 Å². The third-order valence-corrected chi connectivity index (χ3v) is 7.62. The third kappa shape index (κ3) is 8.77. The second-order valence-corrected chi connectivity index (χ2v) is 11.5. The Hall–Kier alpha value is -3.07. The molecule has 0 bridgehead atoms. The second kappa shape index (κ2) is 13.5. The molecular formula is C28H41N3O5S. The Morgan fingerprint density at radius 1 is 1.08 bits per heavy atom. The Labute approximate surface area is 222 Å². The van der Waals surface area contributed by atoms with Gasteiger partial charge in [0.1, 0.15) is 11.8 Å². The van der Waals surface area contributed by atoms with Crippen molar-refractivity contribution < 1.29 is 22.7 Å². The van der Waals surface area contributed by atoms with Crippen LogP contribution in [0.3, 0.4) is 0 Å². The van der Waals surface area contributed by atoms with Crippen LogP contribution >= 0.6 is 0 Å². The molecule has 0 aliphatic rings. The molecule has 0 heterocycles. The SMILES string of the molecule is CC[C@H](C)NC(=O)[C@H](C)N(Cc1cccc(OC)c1)C(=O)CCCN(c1cc(C)ccc1C)S(C)(=O)=O. The number of hydrogen-bond donors (Lipinski definition) is 1. The van der Waals surface area contributed by atoms with Gasteiger partial charge in [0.2, 0.25) is 21.8 Å². The van der Waals surface area contributed by atoms with Gasteiger partial charge in [-0.2, -0.15) is 0 Å². The molecule has 0 aliphatic carbocycles. The molecule has 0 saturated carbocycles. The summed E-state index contributed by atoms with van der Waals surface area (Å²) in [7, 11) is -1.97. The van der Waals surface area contributed by atoms with Crippen LogP contribution in [-0.4, -0.2) is 57.1 Å². The smallest absolute Gasteiger partial charge is 0.242 e. The lowest BCUT2D eigenvalue weighted by Gasteiger charge is -2.30. The molecule has 0 saturated heterocycles. The highest BCUT2D eigenvalue weighted by molar-refractivity contribution is 7.92. The monoisotopic (exact) mass is 531 g/mol. The Morgan fingerprint density at radius 2 is 1.78 bits per heavy atom. The van der Waals surface area contributed by atoms with Gasteiger partial charge >= 0.3 is 0 Å². The molecule has 0 spiro atoms. The fourth-order valence-corrected chi connectivity index (χ4v) is 5.00. The number of carbonyl (C=O) groups is 2. The Kier molecular flexibility index (Phi) is 11.0. The Balaban J connectivity index is 2.23. The van der Waals surface area contributed by atoms with Gasteiger partial charge < -0.3 is 15.0 Å². The van der Waals surface area contributed by atoms with Crippen molar-refractivity contribution in [2.45, 2.75) is 72.5 Å². The minimum Gasteiger partial charge on any atom is -0.497 e. The lowest BCUT2D eigenvalue weighted by molar-refractivity contribution is -0.140. The zero-order valence-corrected chi connectivity index (χ0v) is 23.9. The first kappa shape index (κ1) is 30.2. The molecule has 1 N–H and O–H groups in total. The van der Waals surface area contributed by atoms with Crippen LogP contribution in [0.5, 0.6) is 5.75 Å². The average molecular weight is 532 g/mol. The van der Waals surface area contributed by atoms with Gasteiger partial charge in [-0.25, -0.2) is 8.42 Å². The van der Waals surface area contributed by atoms with E-state index in [2.05, 4.69) is 5.32 Å². The summed E-state index contributed by atoms with van der Waals surface area (Å²) in [6.45, 7) is 9.80. The molecule has 0 unspecified atom stereocenters. The van der Waals surface area contributed by atoms with Crippen molar-refractivity contribution in [3.8, 4) is 5.75 Å². The van der Waals surface area contributed by atoms with E-state index in [0.717, 1.165) is 23.1 Å². The van der Waals surface area contributed by atoms with E-state index in [1.807, 2.05) is 70.2 Å². The number of nitrogens with zero attached hydrogens (tertiary/aromatic N) is 2. The van der Waals surface area contributed by atoms with Gasteiger partial charge in [-0.15, -0.1) is 0 Å². The number of anilines is 1. The maximum atomic E-state index is 13.4. The normalized spacial score (nSPS) is 12.9. The molecule has 0 radical (unpaired) electrons. The molecule has 0 fully saturated rings. The third-order valence-electron chi connectivity index (χ3n) is 6.44. The van der Waals surface area contributed by atoms with E-state index >= 15 is 0 Å². The van der Waals surface area contributed by atoms with Crippen LogP contribution in [0.2, 0.25) is 0 Å². The number of amides is 2. The number of methoxy groups -OCH3 is 1. The number of carbonyl (C=O) groups excluding carboxylic acids is 2. The molecule has 0 aliphatic heterocycles. The maximum absolute atomic E-state index is 13.4. The van der Waals surface area contributed by atoms with Crippen LogP contribution in [0, 0.1) is 13.8 Å². The number of rotatable bonds is 13. The number of nitrogens with one attached hydrogen (secondary N) is 1. The molecule has 8 nitrogen and oxygen atoms in total. The molecule has 2 aromatic carbocycles. The van der Waals surface area contributed by atoms with Crippen LogP contribution in [0.4, 0.5) is 5.69 Å². The predicted molar refractivity (Wildman–Crippen MR) is 148 cm³/mol. The molecular weight excluding hydrogens is 490 g/mol. The zero-order valence-electron chi connectivity index (χ0n) is 23.1. The molecule has 9 heteroatoms. The summed E-state index contributed by atoms with van der Waals surface area (Å²) in [6.07, 6.45) is 2.37. The zero-order chi connectivity index (χ0) is 27.8. The molecule has 0 aromatic heterocycles. The second-order valence-electron chi connectivity index (χ2n) is 9.60. The van der Waals surface area contributed by atoms with E-state index in [0.29, 0.717) is 17.9 Å². The van der Waals surface area contributed by atoms with Gasteiger partial charge in [0.05, 0.1) is 19.1 Å². The highest BCUT2D eigenvalue weighted by Crippen LogP contribution is 2.25. The number of sulfonamides is 1. The van der Waals surface area contributed by atoms with Gasteiger partial charge in [-0.3, -0.25) is 13.9 Å². The van der Waals surface area contributed by atoms with Gasteiger partial charge in [0, 0.05) is 25.6 Å². The average Bonchev–Trinajstić information content (AvgIpc) is 2.85. The van der Waals surface area contributed by atoms with Crippen LogP contribution in [-0.2, 0) is 26.2 Å². The lowest BCUT2D eigenvalue weighted by Crippen LogP contribution is -2.49. The number of benzene rings is 2. The minimum absolute atomic E-state index is 0.00962. The lowest BCUT2D eigenvalue weighted by atomic mass is 10.1. The van der Waals surface area contributed by atoms with Crippen molar-refractivity contribution in [2.24, 2.45) is 0 Å². The van der Waals surface area contributed by atoms with Crippen LogP contribution in [0.15, 0.2) is 42.5 Å². The summed E-state index contributed by atoms with van der Waals surface area (Å²) in [6, 6.07) is 12.3. The highest BCUT2D eigenvalue weighted by Gasteiger charge is 2.27. The number of aryl methyl sites for hydroxylation is 2.